The summed E-state index contributed by atoms with van der Waals surface area (Å²) in [5, 5.41) is 17.1. The van der Waals surface area contributed by atoms with Gasteiger partial charge in [0.05, 0.1) is 30.0 Å². The van der Waals surface area contributed by atoms with Crippen LogP contribution in [0.5, 0.6) is 5.75 Å². The summed E-state index contributed by atoms with van der Waals surface area (Å²) in [6, 6.07) is 14.2. The second-order valence-electron chi connectivity index (χ2n) is 7.89. The summed E-state index contributed by atoms with van der Waals surface area (Å²) >= 11 is 0. The largest absolute Gasteiger partial charge is 0.494 e. The third-order valence-electron chi connectivity index (χ3n) is 5.61. The Kier molecular flexibility index (Phi) is 7.12. The Bertz CT molecular complexity index is 1420. The molecule has 2 aromatic heterocycles. The molecule has 4 aromatic rings. The van der Waals surface area contributed by atoms with E-state index < -0.39 is 8.38 Å². The lowest BCUT2D eigenvalue weighted by Gasteiger charge is -2.13. The highest BCUT2D eigenvalue weighted by Crippen LogP contribution is 2.31. The third kappa shape index (κ3) is 5.03. The number of hydrogen-bond donors (Lipinski definition) is 3. The SMILES string of the molecule is CCn1nc(C)cc1C(=O)Nc1nc2cc(C#N)cc(OC)c2n1CCc1ccc(P(O)O)cc1. The van der Waals surface area contributed by atoms with E-state index in [0.717, 1.165) is 11.3 Å². The molecular weight excluding hydrogens is 467 g/mol. The Labute approximate surface area is 203 Å². The smallest absolute Gasteiger partial charge is 0.276 e. The molecule has 0 unspecified atom stereocenters. The van der Waals surface area contributed by atoms with Gasteiger partial charge in [0.25, 0.3) is 5.91 Å². The molecule has 35 heavy (non-hydrogen) atoms. The van der Waals surface area contributed by atoms with Gasteiger partial charge in [0.15, 0.2) is 8.38 Å². The molecule has 0 spiro atoms. The zero-order valence-electron chi connectivity index (χ0n) is 19.6. The van der Waals surface area contributed by atoms with E-state index in [1.54, 1.807) is 35.0 Å². The number of aryl methyl sites for hydroxylation is 4. The predicted octanol–water partition coefficient (Wildman–Crippen LogP) is 2.86. The van der Waals surface area contributed by atoms with Gasteiger partial charge in [-0.05, 0) is 50.1 Å². The minimum atomic E-state index is -2.14. The average Bonchev–Trinajstić information content (AvgIpc) is 3.41. The van der Waals surface area contributed by atoms with Crippen LogP contribution in [0.3, 0.4) is 0 Å². The highest BCUT2D eigenvalue weighted by molar-refractivity contribution is 7.54. The van der Waals surface area contributed by atoms with E-state index in [9.17, 15) is 19.8 Å². The van der Waals surface area contributed by atoms with E-state index in [1.807, 2.05) is 30.5 Å². The lowest BCUT2D eigenvalue weighted by molar-refractivity contribution is 0.101. The van der Waals surface area contributed by atoms with Crippen LogP contribution in [-0.4, -0.2) is 42.1 Å². The minimum Gasteiger partial charge on any atom is -0.494 e. The number of hydrogen-bond acceptors (Lipinski definition) is 7. The molecule has 0 radical (unpaired) electrons. The number of nitrogens with one attached hydrogen (secondary N) is 1. The number of ether oxygens (including phenoxy) is 1. The molecule has 0 aliphatic heterocycles. The number of carbonyl (C=O) groups excluding carboxylic acids is 1. The number of fused-ring (bicyclic) bond motifs is 1. The summed E-state index contributed by atoms with van der Waals surface area (Å²) in [4.78, 5) is 36.5. The first-order valence-electron chi connectivity index (χ1n) is 11.0. The molecule has 0 atom stereocenters. The topological polar surface area (TPSA) is 138 Å². The second-order valence-corrected chi connectivity index (χ2v) is 8.99. The summed E-state index contributed by atoms with van der Waals surface area (Å²) < 4.78 is 9.04. The number of aromatic nitrogens is 4. The van der Waals surface area contributed by atoms with Crippen LogP contribution in [-0.2, 0) is 19.5 Å². The van der Waals surface area contributed by atoms with Crippen molar-refractivity contribution >= 4 is 36.6 Å². The molecule has 0 saturated heterocycles. The number of benzene rings is 2. The average molecular weight is 492 g/mol. The van der Waals surface area contributed by atoms with Crippen LogP contribution in [0.4, 0.5) is 5.95 Å². The molecule has 0 fully saturated rings. The fraction of sp³-hybridized carbons (Fsp3) is 0.250. The Balaban J connectivity index is 1.73. The number of imidazole rings is 1. The molecule has 1 amide bonds. The molecule has 0 aliphatic rings. The van der Waals surface area contributed by atoms with E-state index in [4.69, 9.17) is 4.74 Å². The van der Waals surface area contributed by atoms with Crippen LogP contribution >= 0.6 is 8.38 Å². The Morgan fingerprint density at radius 1 is 1.23 bits per heavy atom. The Morgan fingerprint density at radius 3 is 2.60 bits per heavy atom. The second kappa shape index (κ2) is 10.2. The van der Waals surface area contributed by atoms with E-state index in [2.05, 4.69) is 21.5 Å². The van der Waals surface area contributed by atoms with Gasteiger partial charge in [-0.2, -0.15) is 10.4 Å². The van der Waals surface area contributed by atoms with E-state index in [1.165, 1.54) is 7.11 Å². The van der Waals surface area contributed by atoms with Gasteiger partial charge in [-0.3, -0.25) is 14.8 Å². The highest BCUT2D eigenvalue weighted by atomic mass is 31.2. The van der Waals surface area contributed by atoms with Crippen molar-refractivity contribution in [1.29, 1.82) is 5.26 Å². The van der Waals surface area contributed by atoms with Crippen molar-refractivity contribution in [2.45, 2.75) is 33.4 Å². The van der Waals surface area contributed by atoms with Gasteiger partial charge in [0, 0.05) is 24.5 Å². The van der Waals surface area contributed by atoms with E-state index >= 15 is 0 Å². The summed E-state index contributed by atoms with van der Waals surface area (Å²) in [5.74, 6) is 0.459. The number of rotatable bonds is 8. The van der Waals surface area contributed by atoms with Crippen molar-refractivity contribution in [3.05, 3.63) is 65.0 Å². The zero-order valence-corrected chi connectivity index (χ0v) is 20.5. The van der Waals surface area contributed by atoms with Gasteiger partial charge < -0.3 is 19.1 Å². The predicted molar refractivity (Wildman–Crippen MR) is 133 cm³/mol. The molecule has 0 saturated carbocycles. The van der Waals surface area contributed by atoms with Crippen molar-refractivity contribution in [2.24, 2.45) is 0 Å². The first kappa shape index (κ1) is 24.4. The first-order chi connectivity index (χ1) is 16.8. The zero-order chi connectivity index (χ0) is 25.1. The molecular formula is C24H25N6O4P. The molecule has 2 heterocycles. The molecule has 3 N–H and O–H groups in total. The number of carbonyl (C=O) groups is 1. The Morgan fingerprint density at radius 2 is 1.97 bits per heavy atom. The van der Waals surface area contributed by atoms with Crippen LogP contribution < -0.4 is 15.4 Å². The van der Waals surface area contributed by atoms with Crippen molar-refractivity contribution in [2.75, 3.05) is 12.4 Å². The standard InChI is InChI=1S/C24H25N6O4P/c1-4-30-20(11-15(2)28-30)23(31)27-24-26-19-12-17(14-25)13-21(34-3)22(19)29(24)10-9-16-5-7-18(8-6-16)35(32)33/h5-8,11-13,32-33H,4,9-10H2,1-3H3,(H,26,27,31). The quantitative estimate of drug-likeness (QED) is 0.322. The minimum absolute atomic E-state index is 0.325. The normalized spacial score (nSPS) is 11.1. The van der Waals surface area contributed by atoms with Crippen molar-refractivity contribution in [3.63, 3.8) is 0 Å². The molecule has 0 aliphatic carbocycles. The lowest BCUT2D eigenvalue weighted by atomic mass is 10.1. The van der Waals surface area contributed by atoms with Gasteiger partial charge in [-0.1, -0.05) is 12.1 Å². The number of methoxy groups -OCH3 is 1. The molecule has 10 nitrogen and oxygen atoms in total. The Hall–Kier alpha value is -3.77. The summed E-state index contributed by atoms with van der Waals surface area (Å²) in [5.41, 5.74) is 3.72. The van der Waals surface area contributed by atoms with Crippen LogP contribution in [0, 0.1) is 18.3 Å². The maximum atomic E-state index is 13.1. The highest BCUT2D eigenvalue weighted by Gasteiger charge is 2.21. The van der Waals surface area contributed by atoms with Crippen LogP contribution in [0.2, 0.25) is 0 Å². The summed E-state index contributed by atoms with van der Waals surface area (Å²) in [6.07, 6.45) is 0.582. The van der Waals surface area contributed by atoms with E-state index in [0.29, 0.717) is 58.8 Å². The van der Waals surface area contributed by atoms with E-state index in [-0.39, 0.29) is 5.91 Å². The molecule has 4 rings (SSSR count). The van der Waals surface area contributed by atoms with Gasteiger partial charge in [-0.25, -0.2) is 4.98 Å². The maximum Gasteiger partial charge on any atom is 0.276 e. The summed E-state index contributed by atoms with van der Waals surface area (Å²) in [6.45, 7) is 4.74. The number of anilines is 1. The van der Waals surface area contributed by atoms with Crippen LogP contribution in [0.25, 0.3) is 11.0 Å². The molecule has 180 valence electrons. The number of nitriles is 1. The van der Waals surface area contributed by atoms with Crippen LogP contribution in [0.1, 0.15) is 34.2 Å². The van der Waals surface area contributed by atoms with Gasteiger partial charge >= 0.3 is 0 Å². The van der Waals surface area contributed by atoms with Crippen molar-refractivity contribution < 1.29 is 19.3 Å². The number of amides is 1. The fourth-order valence-electron chi connectivity index (χ4n) is 3.94. The van der Waals surface area contributed by atoms with Gasteiger partial charge in [0.2, 0.25) is 5.95 Å². The maximum absolute atomic E-state index is 13.1. The monoisotopic (exact) mass is 492 g/mol. The first-order valence-corrected chi connectivity index (χ1v) is 12.2. The molecule has 11 heteroatoms. The molecule has 0 bridgehead atoms. The van der Waals surface area contributed by atoms with Gasteiger partial charge in [-0.15, -0.1) is 0 Å². The number of nitrogens with zero attached hydrogens (tertiary/aromatic N) is 5. The van der Waals surface area contributed by atoms with Crippen molar-refractivity contribution in [1.82, 2.24) is 19.3 Å². The summed E-state index contributed by atoms with van der Waals surface area (Å²) in [7, 11) is -0.618. The van der Waals surface area contributed by atoms with Gasteiger partial charge in [0.1, 0.15) is 17.0 Å². The third-order valence-corrected chi connectivity index (χ3v) is 6.37. The lowest BCUT2D eigenvalue weighted by Crippen LogP contribution is -2.20. The van der Waals surface area contributed by atoms with Crippen LogP contribution in [0.15, 0.2) is 42.5 Å². The molecule has 2 aromatic carbocycles. The fourth-order valence-corrected chi connectivity index (χ4v) is 4.35. The van der Waals surface area contributed by atoms with Crippen molar-refractivity contribution in [3.8, 4) is 11.8 Å².